The zero-order valence-electron chi connectivity index (χ0n) is 6.83. The molecule has 0 aliphatic rings. The number of alkyl halides is 4. The number of halogens is 5. The van der Waals surface area contributed by atoms with E-state index in [2.05, 4.69) is 31.9 Å². The van der Waals surface area contributed by atoms with Gasteiger partial charge < -0.3 is 5.73 Å². The molecule has 0 spiro atoms. The maximum Gasteiger partial charge on any atom is 0.416 e. The quantitative estimate of drug-likeness (QED) is 0.611. The van der Waals surface area contributed by atoms with Gasteiger partial charge in [-0.25, -0.2) is 0 Å². The Labute approximate surface area is 95.7 Å². The van der Waals surface area contributed by atoms with Crippen LogP contribution in [0.3, 0.4) is 0 Å². The van der Waals surface area contributed by atoms with Gasteiger partial charge in [0.05, 0.1) is 5.56 Å². The van der Waals surface area contributed by atoms with Gasteiger partial charge in [0.25, 0.3) is 0 Å². The number of rotatable bonds is 1. The number of hydrogen-bond donors (Lipinski definition) is 1. The van der Waals surface area contributed by atoms with E-state index in [0.717, 1.165) is 6.07 Å². The standard InChI is InChI=1S/C8H6Br2F3N/c9-3-4-1-7(14)6(10)2-5(4)8(11,12)13/h1-2H,3,14H2. The first-order valence-corrected chi connectivity index (χ1v) is 5.48. The van der Waals surface area contributed by atoms with E-state index in [1.165, 1.54) is 6.07 Å². The molecule has 0 aliphatic carbocycles. The van der Waals surface area contributed by atoms with Gasteiger partial charge in [0.15, 0.2) is 0 Å². The van der Waals surface area contributed by atoms with Crippen molar-refractivity contribution in [2.24, 2.45) is 0 Å². The zero-order valence-corrected chi connectivity index (χ0v) is 10.0. The van der Waals surface area contributed by atoms with Gasteiger partial charge in [0.2, 0.25) is 0 Å². The molecular weight excluding hydrogens is 327 g/mol. The fourth-order valence-electron chi connectivity index (χ4n) is 1.01. The highest BCUT2D eigenvalue weighted by Crippen LogP contribution is 2.36. The largest absolute Gasteiger partial charge is 0.416 e. The van der Waals surface area contributed by atoms with Crippen molar-refractivity contribution in [2.75, 3.05) is 5.73 Å². The van der Waals surface area contributed by atoms with Crippen molar-refractivity contribution in [2.45, 2.75) is 11.5 Å². The second-order valence-corrected chi connectivity index (χ2v) is 4.08. The number of nitrogen functional groups attached to an aromatic ring is 1. The Morgan fingerprint density at radius 3 is 2.29 bits per heavy atom. The maximum atomic E-state index is 12.5. The summed E-state index contributed by atoms with van der Waals surface area (Å²) in [7, 11) is 0. The topological polar surface area (TPSA) is 26.0 Å². The summed E-state index contributed by atoms with van der Waals surface area (Å²) in [6.07, 6.45) is -4.35. The third-order valence-electron chi connectivity index (χ3n) is 1.67. The van der Waals surface area contributed by atoms with Gasteiger partial charge in [-0.3, -0.25) is 0 Å². The summed E-state index contributed by atoms with van der Waals surface area (Å²) in [5.41, 5.74) is 5.24. The molecule has 0 radical (unpaired) electrons. The minimum absolute atomic E-state index is 0.124. The van der Waals surface area contributed by atoms with E-state index in [4.69, 9.17) is 5.73 Å². The van der Waals surface area contributed by atoms with Crippen LogP contribution in [0.1, 0.15) is 11.1 Å². The Morgan fingerprint density at radius 1 is 1.29 bits per heavy atom. The predicted octanol–water partition coefficient (Wildman–Crippen LogP) is 3.95. The Morgan fingerprint density at radius 2 is 1.86 bits per heavy atom. The molecule has 1 aromatic rings. The summed E-state index contributed by atoms with van der Waals surface area (Å²) in [6.45, 7) is 0. The van der Waals surface area contributed by atoms with Crippen molar-refractivity contribution in [1.29, 1.82) is 0 Å². The molecule has 0 aromatic heterocycles. The third kappa shape index (κ3) is 2.42. The first-order chi connectivity index (χ1) is 6.36. The van der Waals surface area contributed by atoms with Crippen molar-refractivity contribution in [1.82, 2.24) is 0 Å². The first kappa shape index (κ1) is 11.8. The maximum absolute atomic E-state index is 12.5. The second-order valence-electron chi connectivity index (χ2n) is 2.66. The molecule has 2 N–H and O–H groups in total. The Bertz CT molecular complexity index is 349. The summed E-state index contributed by atoms with van der Waals surface area (Å²) in [6, 6.07) is 2.30. The molecule has 0 amide bonds. The molecule has 0 bridgehead atoms. The highest BCUT2D eigenvalue weighted by Gasteiger charge is 2.33. The van der Waals surface area contributed by atoms with Crippen molar-refractivity contribution >= 4 is 37.5 Å². The van der Waals surface area contributed by atoms with Crippen LogP contribution >= 0.6 is 31.9 Å². The van der Waals surface area contributed by atoms with Gasteiger partial charge in [0, 0.05) is 15.5 Å². The SMILES string of the molecule is Nc1cc(CBr)c(C(F)(F)F)cc1Br. The summed E-state index contributed by atoms with van der Waals surface area (Å²) >= 11 is 5.95. The van der Waals surface area contributed by atoms with Crippen LogP contribution in [0.4, 0.5) is 18.9 Å². The van der Waals surface area contributed by atoms with E-state index in [1.54, 1.807) is 0 Å². The molecule has 0 saturated carbocycles. The molecule has 78 valence electrons. The average molecular weight is 333 g/mol. The molecule has 0 unspecified atom stereocenters. The number of hydrogen-bond acceptors (Lipinski definition) is 1. The lowest BCUT2D eigenvalue weighted by molar-refractivity contribution is -0.138. The van der Waals surface area contributed by atoms with Crippen molar-refractivity contribution < 1.29 is 13.2 Å². The van der Waals surface area contributed by atoms with E-state index >= 15 is 0 Å². The Hall–Kier alpha value is -0.230. The van der Waals surface area contributed by atoms with Crippen molar-refractivity contribution in [3.8, 4) is 0 Å². The summed E-state index contributed by atoms with van der Waals surface area (Å²) in [5.74, 6) is 0. The van der Waals surface area contributed by atoms with Crippen LogP contribution < -0.4 is 5.73 Å². The van der Waals surface area contributed by atoms with E-state index in [9.17, 15) is 13.2 Å². The first-order valence-electron chi connectivity index (χ1n) is 3.57. The summed E-state index contributed by atoms with van der Waals surface area (Å²) in [4.78, 5) is 0. The van der Waals surface area contributed by atoms with Crippen LogP contribution in [0.2, 0.25) is 0 Å². The van der Waals surface area contributed by atoms with Crippen LogP contribution in [0, 0.1) is 0 Å². The molecule has 6 heteroatoms. The Kier molecular flexibility index (Phi) is 3.47. The summed E-state index contributed by atoms with van der Waals surface area (Å²) < 4.78 is 37.7. The number of nitrogens with two attached hydrogens (primary N) is 1. The van der Waals surface area contributed by atoms with Gasteiger partial charge in [-0.15, -0.1) is 0 Å². The van der Waals surface area contributed by atoms with Crippen molar-refractivity contribution in [3.63, 3.8) is 0 Å². The molecule has 0 saturated heterocycles. The minimum atomic E-state index is -4.35. The number of anilines is 1. The molecule has 0 heterocycles. The summed E-state index contributed by atoms with van der Waals surface area (Å²) in [5, 5.41) is 0.124. The van der Waals surface area contributed by atoms with Crippen LogP contribution in [-0.2, 0) is 11.5 Å². The smallest absolute Gasteiger partial charge is 0.398 e. The number of benzene rings is 1. The van der Waals surface area contributed by atoms with Crippen LogP contribution in [0.25, 0.3) is 0 Å². The average Bonchev–Trinajstić information content (AvgIpc) is 2.07. The van der Waals surface area contributed by atoms with Gasteiger partial charge in [0.1, 0.15) is 0 Å². The molecule has 1 aromatic carbocycles. The lowest BCUT2D eigenvalue weighted by Crippen LogP contribution is -2.09. The Balaban J connectivity index is 3.35. The third-order valence-corrected chi connectivity index (χ3v) is 2.96. The fraction of sp³-hybridized carbons (Fsp3) is 0.250. The lowest BCUT2D eigenvalue weighted by Gasteiger charge is -2.12. The van der Waals surface area contributed by atoms with Crippen LogP contribution in [0.15, 0.2) is 16.6 Å². The van der Waals surface area contributed by atoms with Crippen LogP contribution in [0.5, 0.6) is 0 Å². The predicted molar refractivity (Wildman–Crippen MR) is 56.2 cm³/mol. The zero-order chi connectivity index (χ0) is 10.9. The highest BCUT2D eigenvalue weighted by atomic mass is 79.9. The highest BCUT2D eigenvalue weighted by molar-refractivity contribution is 9.10. The molecule has 0 fully saturated rings. The van der Waals surface area contributed by atoms with E-state index < -0.39 is 11.7 Å². The fourth-order valence-corrected chi connectivity index (χ4v) is 1.82. The van der Waals surface area contributed by atoms with Gasteiger partial charge >= 0.3 is 6.18 Å². The van der Waals surface area contributed by atoms with E-state index in [1.807, 2.05) is 0 Å². The molecular formula is C8H6Br2F3N. The van der Waals surface area contributed by atoms with Gasteiger partial charge in [-0.2, -0.15) is 13.2 Å². The van der Waals surface area contributed by atoms with Crippen LogP contribution in [-0.4, -0.2) is 0 Å². The minimum Gasteiger partial charge on any atom is -0.398 e. The van der Waals surface area contributed by atoms with Gasteiger partial charge in [-0.1, -0.05) is 15.9 Å². The monoisotopic (exact) mass is 331 g/mol. The normalized spacial score (nSPS) is 11.8. The van der Waals surface area contributed by atoms with Gasteiger partial charge in [-0.05, 0) is 33.6 Å². The molecule has 0 atom stereocenters. The van der Waals surface area contributed by atoms with Crippen molar-refractivity contribution in [3.05, 3.63) is 27.7 Å². The molecule has 14 heavy (non-hydrogen) atoms. The lowest BCUT2D eigenvalue weighted by atomic mass is 10.1. The molecule has 1 nitrogen and oxygen atoms in total. The second kappa shape index (κ2) is 4.10. The molecule has 1 rings (SSSR count). The van der Waals surface area contributed by atoms with E-state index in [-0.39, 0.29) is 15.4 Å². The van der Waals surface area contributed by atoms with E-state index in [0.29, 0.717) is 5.69 Å². The molecule has 0 aliphatic heterocycles.